The highest BCUT2D eigenvalue weighted by Crippen LogP contribution is 2.18. The van der Waals surface area contributed by atoms with Gasteiger partial charge in [-0.2, -0.15) is 0 Å². The fourth-order valence-corrected chi connectivity index (χ4v) is 0.984. The van der Waals surface area contributed by atoms with E-state index in [-0.39, 0.29) is 12.1 Å². The molecule has 0 amide bonds. The first-order valence-electron chi connectivity index (χ1n) is 3.75. The van der Waals surface area contributed by atoms with Crippen molar-refractivity contribution in [3.8, 4) is 5.75 Å². The zero-order valence-electron chi connectivity index (χ0n) is 7.40. The van der Waals surface area contributed by atoms with Gasteiger partial charge in [-0.3, -0.25) is 4.79 Å². The number of ether oxygens (including phenoxy) is 1. The number of aromatic hydroxyl groups is 1. The fraction of sp³-hybridized carbons (Fsp3) is 0.250. The van der Waals surface area contributed by atoms with Crippen molar-refractivity contribution in [3.63, 3.8) is 0 Å². The summed E-state index contributed by atoms with van der Waals surface area (Å²) in [6, 6.07) is 1.18. The number of aromatic amines is 1. The zero-order chi connectivity index (χ0) is 10.7. The van der Waals surface area contributed by atoms with Crippen LogP contribution in [0, 0.1) is 0 Å². The minimum absolute atomic E-state index is 0.0999. The summed E-state index contributed by atoms with van der Waals surface area (Å²) in [5, 5.41) is 17.7. The number of carboxylic acid groups (broad SMARTS) is 1. The molecule has 1 heterocycles. The van der Waals surface area contributed by atoms with Crippen LogP contribution in [0.25, 0.3) is 0 Å². The van der Waals surface area contributed by atoms with E-state index in [1.807, 2.05) is 0 Å². The monoisotopic (exact) mass is 199 g/mol. The first-order chi connectivity index (χ1) is 6.54. The molecule has 0 saturated heterocycles. The first kappa shape index (κ1) is 10.1. The molecule has 0 unspecified atom stereocenters. The summed E-state index contributed by atoms with van der Waals surface area (Å²) in [4.78, 5) is 23.7. The number of aromatic nitrogens is 1. The number of esters is 1. The Morgan fingerprint density at radius 1 is 1.57 bits per heavy atom. The number of carbonyl (C=O) groups is 2. The Hall–Kier alpha value is -1.98. The Bertz CT molecular complexity index is 368. The molecule has 0 atom stereocenters. The Kier molecular flexibility index (Phi) is 2.76. The predicted molar refractivity (Wildman–Crippen MR) is 45.1 cm³/mol. The molecule has 6 nitrogen and oxygen atoms in total. The van der Waals surface area contributed by atoms with E-state index in [0.717, 1.165) is 0 Å². The lowest BCUT2D eigenvalue weighted by Gasteiger charge is -1.94. The molecule has 1 rings (SSSR count). The van der Waals surface area contributed by atoms with Crippen molar-refractivity contribution in [2.45, 2.75) is 6.42 Å². The molecule has 0 aliphatic carbocycles. The molecule has 0 aliphatic heterocycles. The van der Waals surface area contributed by atoms with Gasteiger partial charge in [0, 0.05) is 11.8 Å². The van der Waals surface area contributed by atoms with Crippen LogP contribution in [-0.4, -0.2) is 34.2 Å². The third-order valence-electron chi connectivity index (χ3n) is 1.63. The number of carbonyl (C=O) groups excluding carboxylic acids is 1. The van der Waals surface area contributed by atoms with Crippen LogP contribution in [0.2, 0.25) is 0 Å². The van der Waals surface area contributed by atoms with Crippen LogP contribution in [0.15, 0.2) is 6.07 Å². The summed E-state index contributed by atoms with van der Waals surface area (Å²) < 4.78 is 4.38. The molecule has 0 fully saturated rings. The second kappa shape index (κ2) is 3.82. The van der Waals surface area contributed by atoms with Gasteiger partial charge in [0.05, 0.1) is 13.5 Å². The van der Waals surface area contributed by atoms with E-state index in [0.29, 0.717) is 5.69 Å². The molecule has 0 radical (unpaired) electrons. The lowest BCUT2D eigenvalue weighted by atomic mass is 10.3. The average molecular weight is 199 g/mol. The highest BCUT2D eigenvalue weighted by Gasteiger charge is 2.15. The molecule has 0 aliphatic rings. The molecule has 1 aromatic rings. The topological polar surface area (TPSA) is 99.6 Å². The van der Waals surface area contributed by atoms with Crippen molar-refractivity contribution in [2.75, 3.05) is 7.11 Å². The van der Waals surface area contributed by atoms with E-state index in [4.69, 9.17) is 10.2 Å². The summed E-state index contributed by atoms with van der Waals surface area (Å²) in [5.41, 5.74) is -0.0318. The van der Waals surface area contributed by atoms with Crippen LogP contribution >= 0.6 is 0 Å². The van der Waals surface area contributed by atoms with Gasteiger partial charge in [-0.1, -0.05) is 0 Å². The van der Waals surface area contributed by atoms with Gasteiger partial charge in [0.2, 0.25) is 0 Å². The third kappa shape index (κ3) is 2.03. The van der Waals surface area contributed by atoms with Gasteiger partial charge in [0.15, 0.2) is 5.69 Å². The van der Waals surface area contributed by atoms with E-state index in [2.05, 4.69) is 9.72 Å². The molecule has 3 N–H and O–H groups in total. The van der Waals surface area contributed by atoms with Crippen LogP contribution in [0.3, 0.4) is 0 Å². The zero-order valence-corrected chi connectivity index (χ0v) is 7.40. The average Bonchev–Trinajstić information content (AvgIpc) is 2.46. The largest absolute Gasteiger partial charge is 0.505 e. The first-order valence-corrected chi connectivity index (χ1v) is 3.75. The lowest BCUT2D eigenvalue weighted by molar-refractivity contribution is -0.139. The van der Waals surface area contributed by atoms with Crippen molar-refractivity contribution in [2.24, 2.45) is 0 Å². The Balaban J connectivity index is 2.86. The Morgan fingerprint density at radius 2 is 2.21 bits per heavy atom. The van der Waals surface area contributed by atoms with Crippen LogP contribution < -0.4 is 0 Å². The normalized spacial score (nSPS) is 9.79. The molecule has 0 bridgehead atoms. The highest BCUT2D eigenvalue weighted by atomic mass is 16.5. The van der Waals surface area contributed by atoms with E-state index in [9.17, 15) is 9.59 Å². The number of H-pyrrole nitrogens is 1. The molecular formula is C8H9NO5. The van der Waals surface area contributed by atoms with Crippen LogP contribution in [0.4, 0.5) is 0 Å². The molecule has 1 aromatic heterocycles. The van der Waals surface area contributed by atoms with Gasteiger partial charge in [0.1, 0.15) is 5.75 Å². The van der Waals surface area contributed by atoms with E-state index < -0.39 is 17.7 Å². The van der Waals surface area contributed by atoms with Gasteiger partial charge >= 0.3 is 11.9 Å². The van der Waals surface area contributed by atoms with Crippen LogP contribution in [0.1, 0.15) is 16.2 Å². The summed E-state index contributed by atoms with van der Waals surface area (Å²) >= 11 is 0. The van der Waals surface area contributed by atoms with Gasteiger partial charge < -0.3 is 19.9 Å². The molecule has 76 valence electrons. The molecule has 0 aromatic carbocycles. The predicted octanol–water partition coefficient (Wildman–Crippen LogP) is 0.134. The number of nitrogens with one attached hydrogen (secondary N) is 1. The van der Waals surface area contributed by atoms with Crippen molar-refractivity contribution in [1.29, 1.82) is 0 Å². The summed E-state index contributed by atoms with van der Waals surface area (Å²) in [6.45, 7) is 0. The second-order valence-electron chi connectivity index (χ2n) is 2.61. The number of methoxy groups -OCH3 is 1. The minimum atomic E-state index is -1.28. The summed E-state index contributed by atoms with van der Waals surface area (Å²) in [6.07, 6.45) is -0.0999. The number of rotatable bonds is 3. The number of hydrogen-bond acceptors (Lipinski definition) is 4. The standard InChI is InChI=1S/C8H9NO5/c1-14-6(11)3-4-2-5(10)7(9-4)8(12)13/h2,9-10H,3H2,1H3,(H,12,13). The van der Waals surface area contributed by atoms with E-state index in [1.54, 1.807) is 0 Å². The van der Waals surface area contributed by atoms with E-state index >= 15 is 0 Å². The second-order valence-corrected chi connectivity index (χ2v) is 2.61. The van der Waals surface area contributed by atoms with Crippen molar-refractivity contribution >= 4 is 11.9 Å². The summed E-state index contributed by atoms with van der Waals surface area (Å²) in [7, 11) is 1.23. The quantitative estimate of drug-likeness (QED) is 0.601. The molecule has 0 spiro atoms. The van der Waals surface area contributed by atoms with E-state index in [1.165, 1.54) is 13.2 Å². The maximum atomic E-state index is 10.8. The fourth-order valence-electron chi connectivity index (χ4n) is 0.984. The smallest absolute Gasteiger partial charge is 0.356 e. The van der Waals surface area contributed by atoms with Crippen molar-refractivity contribution < 1.29 is 24.5 Å². The van der Waals surface area contributed by atoms with Gasteiger partial charge in [-0.25, -0.2) is 4.79 Å². The Morgan fingerprint density at radius 3 is 2.64 bits per heavy atom. The van der Waals surface area contributed by atoms with Gasteiger partial charge in [0.25, 0.3) is 0 Å². The number of aromatic carboxylic acids is 1. The maximum Gasteiger partial charge on any atom is 0.356 e. The highest BCUT2D eigenvalue weighted by molar-refractivity contribution is 5.89. The number of carboxylic acids is 1. The minimum Gasteiger partial charge on any atom is -0.505 e. The molecule has 6 heteroatoms. The van der Waals surface area contributed by atoms with Crippen LogP contribution in [-0.2, 0) is 16.0 Å². The molecule has 0 saturated carbocycles. The maximum absolute atomic E-state index is 10.8. The number of hydrogen-bond donors (Lipinski definition) is 3. The summed E-state index contributed by atoms with van der Waals surface area (Å²) in [5.74, 6) is -2.18. The molecule has 14 heavy (non-hydrogen) atoms. The lowest BCUT2D eigenvalue weighted by Crippen LogP contribution is -2.05. The molecular weight excluding hydrogens is 190 g/mol. The SMILES string of the molecule is COC(=O)Cc1cc(O)c(C(=O)O)[nH]1. The van der Waals surface area contributed by atoms with Gasteiger partial charge in [-0.05, 0) is 0 Å². The third-order valence-corrected chi connectivity index (χ3v) is 1.63. The Labute approximate surface area is 79.1 Å². The van der Waals surface area contributed by atoms with Gasteiger partial charge in [-0.15, -0.1) is 0 Å². The van der Waals surface area contributed by atoms with Crippen LogP contribution in [0.5, 0.6) is 5.75 Å². The van der Waals surface area contributed by atoms with Crippen molar-refractivity contribution in [3.05, 3.63) is 17.5 Å². The van der Waals surface area contributed by atoms with Crippen molar-refractivity contribution in [1.82, 2.24) is 4.98 Å².